The van der Waals surface area contributed by atoms with Gasteiger partial charge in [0.1, 0.15) is 0 Å². The molecule has 0 spiro atoms. The normalized spacial score (nSPS) is 23.5. The summed E-state index contributed by atoms with van der Waals surface area (Å²) in [5.41, 5.74) is 8.81. The van der Waals surface area contributed by atoms with Crippen molar-refractivity contribution in [1.82, 2.24) is 4.90 Å². The second-order valence-electron chi connectivity index (χ2n) is 5.88. The van der Waals surface area contributed by atoms with Gasteiger partial charge in [0.15, 0.2) is 0 Å². The van der Waals surface area contributed by atoms with Crippen molar-refractivity contribution >= 4 is 0 Å². The number of hydrogen-bond acceptors (Lipinski definition) is 3. The lowest BCUT2D eigenvalue weighted by molar-refractivity contribution is 0.201. The van der Waals surface area contributed by atoms with Crippen LogP contribution >= 0.6 is 0 Å². The number of aliphatic hydroxyl groups excluding tert-OH is 1. The molecule has 0 bridgehead atoms. The summed E-state index contributed by atoms with van der Waals surface area (Å²) in [6.45, 7) is 6.64. The lowest BCUT2D eigenvalue weighted by Crippen LogP contribution is -2.38. The fourth-order valence-corrected chi connectivity index (χ4v) is 3.14. The van der Waals surface area contributed by atoms with Crippen LogP contribution in [0.15, 0.2) is 24.3 Å². The molecule has 1 aliphatic heterocycles. The molecule has 19 heavy (non-hydrogen) atoms. The Balaban J connectivity index is 2.11. The number of nitrogens with two attached hydrogens (primary N) is 1. The van der Waals surface area contributed by atoms with Crippen LogP contribution in [-0.2, 0) is 0 Å². The van der Waals surface area contributed by atoms with Crippen molar-refractivity contribution in [2.24, 2.45) is 11.7 Å². The first-order chi connectivity index (χ1) is 9.11. The number of hydrogen-bond donors (Lipinski definition) is 2. The van der Waals surface area contributed by atoms with Gasteiger partial charge < -0.3 is 10.8 Å². The molecule has 1 fully saturated rings. The van der Waals surface area contributed by atoms with Crippen molar-refractivity contribution in [3.63, 3.8) is 0 Å². The summed E-state index contributed by atoms with van der Waals surface area (Å²) in [4.78, 5) is 2.48. The lowest BCUT2D eigenvalue weighted by Gasteiger charge is -2.31. The third-order valence-electron chi connectivity index (χ3n) is 4.16. The van der Waals surface area contributed by atoms with Crippen molar-refractivity contribution in [2.75, 3.05) is 19.7 Å². The quantitative estimate of drug-likeness (QED) is 0.854. The van der Waals surface area contributed by atoms with Crippen molar-refractivity contribution in [1.29, 1.82) is 0 Å². The minimum atomic E-state index is 0.121. The Hall–Kier alpha value is -0.900. The van der Waals surface area contributed by atoms with E-state index < -0.39 is 0 Å². The molecule has 1 heterocycles. The summed E-state index contributed by atoms with van der Waals surface area (Å²) in [7, 11) is 0. The third kappa shape index (κ3) is 3.56. The van der Waals surface area contributed by atoms with Gasteiger partial charge in [0.25, 0.3) is 0 Å². The zero-order chi connectivity index (χ0) is 13.8. The molecule has 1 aliphatic rings. The van der Waals surface area contributed by atoms with E-state index in [1.807, 2.05) is 0 Å². The van der Waals surface area contributed by atoms with E-state index >= 15 is 0 Å². The molecule has 1 saturated heterocycles. The molecule has 106 valence electrons. The van der Waals surface area contributed by atoms with Crippen molar-refractivity contribution < 1.29 is 5.11 Å². The van der Waals surface area contributed by atoms with Crippen LogP contribution in [0.1, 0.15) is 36.9 Å². The van der Waals surface area contributed by atoms with Gasteiger partial charge in [0.05, 0.1) is 0 Å². The maximum Gasteiger partial charge on any atom is 0.0496 e. The van der Waals surface area contributed by atoms with E-state index in [0.29, 0.717) is 18.6 Å². The van der Waals surface area contributed by atoms with Gasteiger partial charge >= 0.3 is 0 Å². The van der Waals surface area contributed by atoms with E-state index in [2.05, 4.69) is 43.0 Å². The fraction of sp³-hybridized carbons (Fsp3) is 0.625. The summed E-state index contributed by atoms with van der Waals surface area (Å²) in [6, 6.07) is 9.13. The van der Waals surface area contributed by atoms with Crippen LogP contribution in [-0.4, -0.2) is 35.7 Å². The molecule has 1 aromatic carbocycles. The second kappa shape index (κ2) is 6.51. The van der Waals surface area contributed by atoms with Gasteiger partial charge in [-0.25, -0.2) is 0 Å². The molecule has 0 radical (unpaired) electrons. The topological polar surface area (TPSA) is 49.5 Å². The Morgan fingerprint density at radius 2 is 2.05 bits per heavy atom. The average molecular weight is 262 g/mol. The fourth-order valence-electron chi connectivity index (χ4n) is 3.14. The molecule has 2 rings (SSSR count). The molecule has 3 unspecified atom stereocenters. The van der Waals surface area contributed by atoms with Crippen LogP contribution in [0, 0.1) is 12.8 Å². The molecule has 0 saturated carbocycles. The Labute approximate surface area is 116 Å². The minimum Gasteiger partial charge on any atom is -0.396 e. The summed E-state index contributed by atoms with van der Waals surface area (Å²) in [6.07, 6.45) is 2.09. The highest BCUT2D eigenvalue weighted by molar-refractivity contribution is 5.25. The van der Waals surface area contributed by atoms with E-state index in [4.69, 9.17) is 10.8 Å². The van der Waals surface area contributed by atoms with Crippen LogP contribution in [0.5, 0.6) is 0 Å². The van der Waals surface area contributed by atoms with Crippen LogP contribution in [0.4, 0.5) is 0 Å². The lowest BCUT2D eigenvalue weighted by atomic mass is 9.98. The molecule has 3 heteroatoms. The van der Waals surface area contributed by atoms with Gasteiger partial charge in [-0.3, -0.25) is 4.90 Å². The standard InChI is InChI=1S/C16H26N2O/c1-12-3-5-15(6-4-12)16(13(2)17)18-9-7-14(11-18)8-10-19/h3-6,13-14,16,19H,7-11,17H2,1-2H3. The summed E-state index contributed by atoms with van der Waals surface area (Å²) < 4.78 is 0. The summed E-state index contributed by atoms with van der Waals surface area (Å²) in [5.74, 6) is 0.622. The minimum absolute atomic E-state index is 0.121. The number of aliphatic hydroxyl groups is 1. The Morgan fingerprint density at radius 1 is 1.37 bits per heavy atom. The first kappa shape index (κ1) is 14.5. The zero-order valence-corrected chi connectivity index (χ0v) is 12.0. The first-order valence-electron chi connectivity index (χ1n) is 7.29. The molecule has 0 aliphatic carbocycles. The number of nitrogens with zero attached hydrogens (tertiary/aromatic N) is 1. The molecular formula is C16H26N2O. The van der Waals surface area contributed by atoms with E-state index in [1.54, 1.807) is 0 Å². The molecule has 0 amide bonds. The van der Waals surface area contributed by atoms with Gasteiger partial charge in [-0.1, -0.05) is 29.8 Å². The van der Waals surface area contributed by atoms with Gasteiger partial charge in [0.2, 0.25) is 0 Å². The highest BCUT2D eigenvalue weighted by Gasteiger charge is 2.30. The van der Waals surface area contributed by atoms with Crippen LogP contribution in [0.2, 0.25) is 0 Å². The van der Waals surface area contributed by atoms with Gasteiger partial charge in [-0.2, -0.15) is 0 Å². The zero-order valence-electron chi connectivity index (χ0n) is 12.0. The smallest absolute Gasteiger partial charge is 0.0496 e. The number of likely N-dealkylation sites (tertiary alicyclic amines) is 1. The molecule has 3 atom stereocenters. The third-order valence-corrected chi connectivity index (χ3v) is 4.16. The molecule has 3 N–H and O–H groups in total. The van der Waals surface area contributed by atoms with Crippen LogP contribution < -0.4 is 5.73 Å². The molecule has 3 nitrogen and oxygen atoms in total. The molecular weight excluding hydrogens is 236 g/mol. The predicted octanol–water partition coefficient (Wildman–Crippen LogP) is 2.09. The van der Waals surface area contributed by atoms with Crippen LogP contribution in [0.3, 0.4) is 0 Å². The van der Waals surface area contributed by atoms with E-state index in [9.17, 15) is 0 Å². The number of aryl methyl sites for hydroxylation is 1. The summed E-state index contributed by atoms with van der Waals surface area (Å²) >= 11 is 0. The Morgan fingerprint density at radius 3 is 2.63 bits per heavy atom. The highest BCUT2D eigenvalue weighted by Crippen LogP contribution is 2.30. The molecule has 1 aromatic rings. The van der Waals surface area contributed by atoms with E-state index in [0.717, 1.165) is 19.5 Å². The number of rotatable bonds is 5. The SMILES string of the molecule is Cc1ccc(C(C(C)N)N2CCC(CCO)C2)cc1. The van der Waals surface area contributed by atoms with Gasteiger partial charge in [-0.15, -0.1) is 0 Å². The van der Waals surface area contributed by atoms with Gasteiger partial charge in [0, 0.05) is 25.2 Å². The van der Waals surface area contributed by atoms with Crippen molar-refractivity contribution in [3.8, 4) is 0 Å². The van der Waals surface area contributed by atoms with E-state index in [-0.39, 0.29) is 6.04 Å². The molecule has 0 aromatic heterocycles. The Bertz CT molecular complexity index is 388. The largest absolute Gasteiger partial charge is 0.396 e. The predicted molar refractivity (Wildman–Crippen MR) is 79.0 cm³/mol. The van der Waals surface area contributed by atoms with E-state index in [1.165, 1.54) is 17.5 Å². The van der Waals surface area contributed by atoms with Crippen molar-refractivity contribution in [2.45, 2.75) is 38.8 Å². The Kier molecular flexibility index (Phi) is 4.97. The number of benzene rings is 1. The first-order valence-corrected chi connectivity index (χ1v) is 7.29. The van der Waals surface area contributed by atoms with Crippen molar-refractivity contribution in [3.05, 3.63) is 35.4 Å². The monoisotopic (exact) mass is 262 g/mol. The van der Waals surface area contributed by atoms with Gasteiger partial charge in [-0.05, 0) is 44.7 Å². The highest BCUT2D eigenvalue weighted by atomic mass is 16.3. The van der Waals surface area contributed by atoms with Crippen LogP contribution in [0.25, 0.3) is 0 Å². The summed E-state index contributed by atoms with van der Waals surface area (Å²) in [5, 5.41) is 9.07. The average Bonchev–Trinajstić information content (AvgIpc) is 2.80. The second-order valence-corrected chi connectivity index (χ2v) is 5.88. The maximum absolute atomic E-state index is 9.07. The maximum atomic E-state index is 9.07.